The van der Waals surface area contributed by atoms with Crippen molar-refractivity contribution >= 4 is 23.4 Å². The maximum absolute atomic E-state index is 14.5. The van der Waals surface area contributed by atoms with Crippen molar-refractivity contribution in [2.24, 2.45) is 5.92 Å². The maximum atomic E-state index is 14.5. The maximum Gasteiger partial charge on any atom is 0.430 e. The van der Waals surface area contributed by atoms with E-state index in [9.17, 15) is 32.3 Å². The Balaban J connectivity index is 1.48. The molecule has 38 heavy (non-hydrogen) atoms. The Kier molecular flexibility index (Phi) is 9.64. The van der Waals surface area contributed by atoms with E-state index in [1.54, 1.807) is 20.2 Å². The summed E-state index contributed by atoms with van der Waals surface area (Å²) in [6, 6.07) is 10.8. The van der Waals surface area contributed by atoms with Gasteiger partial charge >= 0.3 is 6.18 Å². The molecule has 0 aromatic heterocycles. The second kappa shape index (κ2) is 12.3. The van der Waals surface area contributed by atoms with Crippen LogP contribution in [0.1, 0.15) is 41.6 Å². The van der Waals surface area contributed by atoms with Crippen molar-refractivity contribution in [2.75, 3.05) is 33.8 Å². The highest BCUT2D eigenvalue weighted by molar-refractivity contribution is 6.34. The average molecular weight is 559 g/mol. The number of ether oxygens (including phenoxy) is 1. The van der Waals surface area contributed by atoms with Gasteiger partial charge in [0.15, 0.2) is 0 Å². The van der Waals surface area contributed by atoms with E-state index in [1.165, 1.54) is 35.2 Å². The third-order valence-corrected chi connectivity index (χ3v) is 7.02. The number of carbonyl (C=O) groups excluding carboxylic acids is 2. The molecule has 1 saturated heterocycles. The third-order valence-electron chi connectivity index (χ3n) is 6.71. The number of amides is 2. The van der Waals surface area contributed by atoms with Crippen molar-refractivity contribution in [3.63, 3.8) is 0 Å². The van der Waals surface area contributed by atoms with Crippen LogP contribution in [-0.4, -0.2) is 72.9 Å². The lowest BCUT2D eigenvalue weighted by Crippen LogP contribution is -2.57. The Morgan fingerprint density at radius 2 is 1.76 bits per heavy atom. The molecular weight excluding hydrogens is 528 g/mol. The average Bonchev–Trinajstić information content (AvgIpc) is 2.89. The van der Waals surface area contributed by atoms with E-state index in [2.05, 4.69) is 0 Å². The molecule has 0 bridgehead atoms. The Morgan fingerprint density at radius 1 is 1.13 bits per heavy atom. The zero-order valence-corrected chi connectivity index (χ0v) is 21.9. The number of hydrogen-bond donors (Lipinski definition) is 1. The van der Waals surface area contributed by atoms with Crippen molar-refractivity contribution in [1.29, 1.82) is 0 Å². The monoisotopic (exact) mass is 558 g/mol. The van der Waals surface area contributed by atoms with Crippen LogP contribution in [0.2, 0.25) is 5.02 Å². The van der Waals surface area contributed by atoms with Crippen LogP contribution in [0.4, 0.5) is 17.6 Å². The molecule has 2 aromatic carbocycles. The Labute approximate surface area is 224 Å². The van der Waals surface area contributed by atoms with Gasteiger partial charge in [-0.25, -0.2) is 4.39 Å². The van der Waals surface area contributed by atoms with Gasteiger partial charge < -0.3 is 19.6 Å². The van der Waals surface area contributed by atoms with E-state index in [4.69, 9.17) is 16.3 Å². The Bertz CT molecular complexity index is 1110. The number of aliphatic hydroxyl groups is 1. The molecule has 1 aliphatic rings. The minimum atomic E-state index is -5.18. The van der Waals surface area contributed by atoms with E-state index in [1.807, 2.05) is 0 Å². The van der Waals surface area contributed by atoms with Gasteiger partial charge in [0.2, 0.25) is 0 Å². The molecule has 11 heteroatoms. The summed E-state index contributed by atoms with van der Waals surface area (Å²) in [5.41, 5.74) is -3.84. The van der Waals surface area contributed by atoms with Gasteiger partial charge in [-0.2, -0.15) is 13.2 Å². The van der Waals surface area contributed by atoms with Gasteiger partial charge in [-0.15, -0.1) is 0 Å². The van der Waals surface area contributed by atoms with Gasteiger partial charge in [0.1, 0.15) is 18.5 Å². The molecule has 1 N–H and O–H groups in total. The summed E-state index contributed by atoms with van der Waals surface area (Å²) in [4.78, 5) is 27.3. The molecule has 6 nitrogen and oxygen atoms in total. The fourth-order valence-electron chi connectivity index (χ4n) is 4.43. The van der Waals surface area contributed by atoms with Crippen LogP contribution >= 0.6 is 11.6 Å². The normalized spacial score (nSPS) is 17.0. The number of carbonyl (C=O) groups is 2. The minimum Gasteiger partial charge on any atom is -0.491 e. The predicted octanol–water partition coefficient (Wildman–Crippen LogP) is 5.23. The number of hydrogen-bond acceptors (Lipinski definition) is 4. The number of nitrogens with zero attached hydrogens (tertiary/aromatic N) is 2. The molecule has 3 rings (SSSR count). The molecule has 0 radical (unpaired) electrons. The highest BCUT2D eigenvalue weighted by Crippen LogP contribution is 2.41. The minimum absolute atomic E-state index is 0.0266. The van der Waals surface area contributed by atoms with Crippen molar-refractivity contribution in [3.05, 3.63) is 64.7 Å². The standard InChI is InChI=1S/C27H31ClF4N2O4/c1-33(2)24(35)22-11-10-21(16-23(22)28)38-17-20(29)9-8-18-12-14-34(15-13-18)25(36)26(37,27(30,31)32)19-6-4-3-5-7-19/h3-7,10-11,16,18,20,37H,8-9,12-15,17H2,1-2H3/t20-,26-/m1/s1. The summed E-state index contributed by atoms with van der Waals surface area (Å²) in [6.07, 6.45) is -5.01. The molecule has 1 fully saturated rings. The molecule has 0 spiro atoms. The van der Waals surface area contributed by atoms with Crippen molar-refractivity contribution in [2.45, 2.75) is 43.6 Å². The van der Waals surface area contributed by atoms with Gasteiger partial charge in [-0.1, -0.05) is 41.9 Å². The second-order valence-electron chi connectivity index (χ2n) is 9.64. The largest absolute Gasteiger partial charge is 0.491 e. The highest BCUT2D eigenvalue weighted by atomic mass is 35.5. The Hall–Kier alpha value is -2.85. The summed E-state index contributed by atoms with van der Waals surface area (Å²) in [5, 5.41) is 10.7. The molecule has 1 heterocycles. The lowest BCUT2D eigenvalue weighted by Gasteiger charge is -2.38. The van der Waals surface area contributed by atoms with Crippen LogP contribution in [0.25, 0.3) is 0 Å². The van der Waals surface area contributed by atoms with Gasteiger partial charge in [0.05, 0.1) is 10.6 Å². The van der Waals surface area contributed by atoms with Crippen molar-refractivity contribution < 1.29 is 37.0 Å². The number of rotatable bonds is 9. The summed E-state index contributed by atoms with van der Waals surface area (Å²) >= 11 is 6.14. The summed E-state index contributed by atoms with van der Waals surface area (Å²) in [5.74, 6) is -1.31. The van der Waals surface area contributed by atoms with E-state index in [0.29, 0.717) is 30.6 Å². The third kappa shape index (κ3) is 6.77. The predicted molar refractivity (Wildman–Crippen MR) is 135 cm³/mol. The molecule has 2 aromatic rings. The van der Waals surface area contributed by atoms with E-state index < -0.39 is 29.4 Å². The Morgan fingerprint density at radius 3 is 2.32 bits per heavy atom. The lowest BCUT2D eigenvalue weighted by molar-refractivity contribution is -0.262. The number of alkyl halides is 4. The van der Waals surface area contributed by atoms with Gasteiger partial charge in [-0.3, -0.25) is 9.59 Å². The fourth-order valence-corrected chi connectivity index (χ4v) is 4.68. The fraction of sp³-hybridized carbons (Fsp3) is 0.481. The summed E-state index contributed by atoms with van der Waals surface area (Å²) in [7, 11) is 3.21. The lowest BCUT2D eigenvalue weighted by atomic mass is 9.87. The van der Waals surface area contributed by atoms with Crippen LogP contribution in [0.3, 0.4) is 0 Å². The topological polar surface area (TPSA) is 70.1 Å². The molecular formula is C27H31ClF4N2O4. The van der Waals surface area contributed by atoms with Crippen LogP contribution in [0.15, 0.2) is 48.5 Å². The number of halogens is 5. The van der Waals surface area contributed by atoms with E-state index >= 15 is 0 Å². The zero-order valence-electron chi connectivity index (χ0n) is 21.2. The molecule has 0 saturated carbocycles. The molecule has 0 aliphatic carbocycles. The molecule has 208 valence electrons. The van der Waals surface area contributed by atoms with Crippen molar-refractivity contribution in [1.82, 2.24) is 9.80 Å². The molecule has 2 atom stereocenters. The first-order valence-corrected chi connectivity index (χ1v) is 12.6. The van der Waals surface area contributed by atoms with Gasteiger partial charge in [0.25, 0.3) is 17.4 Å². The van der Waals surface area contributed by atoms with Crippen molar-refractivity contribution in [3.8, 4) is 5.75 Å². The number of benzene rings is 2. The SMILES string of the molecule is CN(C)C(=O)c1ccc(OC[C@H](F)CCC2CCN(C(=O)[C@](O)(c3ccccc3)C(F)(F)F)CC2)cc1Cl. The zero-order chi connectivity index (χ0) is 28.1. The summed E-state index contributed by atoms with van der Waals surface area (Å²) < 4.78 is 61.4. The molecule has 0 unspecified atom stereocenters. The van der Waals surface area contributed by atoms with Crippen LogP contribution in [0, 0.1) is 5.92 Å². The van der Waals surface area contributed by atoms with Crippen LogP contribution < -0.4 is 4.74 Å². The quantitative estimate of drug-likeness (QED) is 0.428. The molecule has 2 amide bonds. The number of piperidine rings is 1. The van der Waals surface area contributed by atoms with Gasteiger partial charge in [-0.05, 0) is 49.8 Å². The molecule has 1 aliphatic heterocycles. The van der Waals surface area contributed by atoms with Crippen LogP contribution in [-0.2, 0) is 10.4 Å². The summed E-state index contributed by atoms with van der Waals surface area (Å²) in [6.45, 7) is -0.137. The van der Waals surface area contributed by atoms with Gasteiger partial charge in [0, 0.05) is 32.7 Å². The first-order valence-electron chi connectivity index (χ1n) is 12.3. The first-order chi connectivity index (χ1) is 17.8. The van der Waals surface area contributed by atoms with E-state index in [0.717, 1.165) is 17.0 Å². The van der Waals surface area contributed by atoms with Crippen LogP contribution in [0.5, 0.6) is 5.75 Å². The number of likely N-dealkylation sites (tertiary alicyclic amines) is 1. The first kappa shape index (κ1) is 29.7. The second-order valence-corrected chi connectivity index (χ2v) is 10.0. The highest BCUT2D eigenvalue weighted by Gasteiger charge is 2.62. The smallest absolute Gasteiger partial charge is 0.430 e. The van der Waals surface area contributed by atoms with E-state index in [-0.39, 0.29) is 43.0 Å².